The van der Waals surface area contributed by atoms with Crippen LogP contribution in [0.25, 0.3) is 0 Å². The van der Waals surface area contributed by atoms with Gasteiger partial charge in [0.05, 0.1) is 0 Å². The summed E-state index contributed by atoms with van der Waals surface area (Å²) in [6.45, 7) is 8.00. The lowest BCUT2D eigenvalue weighted by molar-refractivity contribution is 0.229. The maximum Gasteiger partial charge on any atom is 0.202 e. The van der Waals surface area contributed by atoms with Gasteiger partial charge in [-0.3, -0.25) is 0 Å². The lowest BCUT2D eigenvalue weighted by Gasteiger charge is -2.35. The molecule has 17 heavy (non-hydrogen) atoms. The van der Waals surface area contributed by atoms with Crippen LogP contribution in [0.1, 0.15) is 52.9 Å². The predicted octanol–water partition coefficient (Wildman–Crippen LogP) is 3.67. The van der Waals surface area contributed by atoms with Crippen molar-refractivity contribution < 1.29 is 0 Å². The molecule has 1 aromatic rings. The molecule has 0 bridgehead atoms. The number of imidazole rings is 1. The zero-order valence-electron chi connectivity index (χ0n) is 11.4. The van der Waals surface area contributed by atoms with Crippen molar-refractivity contribution in [3.63, 3.8) is 0 Å². The molecule has 1 aliphatic carbocycles. The van der Waals surface area contributed by atoms with Crippen molar-refractivity contribution in [2.75, 3.05) is 5.32 Å². The Balaban J connectivity index is 1.98. The van der Waals surface area contributed by atoms with Gasteiger partial charge in [-0.25, -0.2) is 4.98 Å². The predicted molar refractivity (Wildman–Crippen MR) is 72.2 cm³/mol. The fourth-order valence-corrected chi connectivity index (χ4v) is 2.87. The van der Waals surface area contributed by atoms with E-state index in [1.54, 1.807) is 0 Å². The van der Waals surface area contributed by atoms with Gasteiger partial charge in [-0.2, -0.15) is 0 Å². The molecular formula is C14H25N3. The number of rotatable bonds is 4. The zero-order chi connectivity index (χ0) is 12.3. The Bertz CT molecular complexity index is 354. The van der Waals surface area contributed by atoms with Crippen molar-refractivity contribution in [1.29, 1.82) is 0 Å². The molecule has 3 nitrogen and oxygen atoms in total. The fraction of sp³-hybridized carbons (Fsp3) is 0.786. The number of aryl methyl sites for hydroxylation is 1. The summed E-state index contributed by atoms with van der Waals surface area (Å²) in [4.78, 5) is 4.43. The van der Waals surface area contributed by atoms with Crippen molar-refractivity contribution in [2.24, 2.45) is 5.41 Å². The average molecular weight is 235 g/mol. The zero-order valence-corrected chi connectivity index (χ0v) is 11.4. The van der Waals surface area contributed by atoms with Crippen LogP contribution in [0.4, 0.5) is 5.95 Å². The summed E-state index contributed by atoms with van der Waals surface area (Å²) in [6.07, 6.45) is 10.3. The Morgan fingerprint density at radius 3 is 3.06 bits per heavy atom. The molecule has 2 rings (SSSR count). The highest BCUT2D eigenvalue weighted by Crippen LogP contribution is 2.36. The minimum absolute atomic E-state index is 0.484. The molecule has 0 saturated heterocycles. The summed E-state index contributed by atoms with van der Waals surface area (Å²) in [6, 6.07) is 0.594. The highest BCUT2D eigenvalue weighted by atomic mass is 15.2. The molecule has 0 amide bonds. The van der Waals surface area contributed by atoms with Crippen LogP contribution >= 0.6 is 0 Å². The third kappa shape index (κ3) is 3.24. The fourth-order valence-electron chi connectivity index (χ4n) is 2.87. The van der Waals surface area contributed by atoms with Gasteiger partial charge in [0.15, 0.2) is 0 Å². The number of anilines is 1. The Morgan fingerprint density at radius 2 is 2.35 bits per heavy atom. The molecule has 1 aliphatic rings. The normalized spacial score (nSPS) is 23.6. The van der Waals surface area contributed by atoms with Crippen LogP contribution in [0, 0.1) is 5.41 Å². The minimum Gasteiger partial charge on any atom is -0.353 e. The molecule has 1 saturated carbocycles. The van der Waals surface area contributed by atoms with E-state index in [2.05, 4.69) is 41.8 Å². The Hall–Kier alpha value is -0.990. The molecule has 96 valence electrons. The quantitative estimate of drug-likeness (QED) is 0.863. The smallest absolute Gasteiger partial charge is 0.202 e. The van der Waals surface area contributed by atoms with Crippen LogP contribution in [0.15, 0.2) is 12.4 Å². The van der Waals surface area contributed by atoms with Crippen LogP contribution < -0.4 is 5.32 Å². The van der Waals surface area contributed by atoms with E-state index in [-0.39, 0.29) is 0 Å². The van der Waals surface area contributed by atoms with E-state index in [0.29, 0.717) is 11.5 Å². The van der Waals surface area contributed by atoms with Crippen LogP contribution in [0.3, 0.4) is 0 Å². The topological polar surface area (TPSA) is 29.9 Å². The van der Waals surface area contributed by atoms with E-state index in [0.717, 1.165) is 18.9 Å². The highest BCUT2D eigenvalue weighted by Gasteiger charge is 2.28. The second-order valence-electron chi connectivity index (χ2n) is 6.05. The van der Waals surface area contributed by atoms with Crippen molar-refractivity contribution >= 4 is 5.95 Å². The summed E-state index contributed by atoms with van der Waals surface area (Å²) >= 11 is 0. The van der Waals surface area contributed by atoms with Gasteiger partial charge in [0.2, 0.25) is 5.95 Å². The van der Waals surface area contributed by atoms with Crippen molar-refractivity contribution in [2.45, 2.75) is 65.5 Å². The maximum atomic E-state index is 4.43. The minimum atomic E-state index is 0.484. The number of hydrogen-bond donors (Lipinski definition) is 1. The van der Waals surface area contributed by atoms with Gasteiger partial charge in [-0.05, 0) is 31.1 Å². The molecular weight excluding hydrogens is 210 g/mol. The van der Waals surface area contributed by atoms with Crippen molar-refractivity contribution in [1.82, 2.24) is 9.55 Å². The standard InChI is InChI=1S/C14H25N3/c1-4-9-17-10-8-15-13(17)16-12-6-5-7-14(2,3)11-12/h8,10,12H,4-7,9,11H2,1-3H3,(H,15,16). The summed E-state index contributed by atoms with van der Waals surface area (Å²) in [5, 5.41) is 3.62. The molecule has 1 fully saturated rings. The molecule has 1 unspecified atom stereocenters. The molecule has 3 heteroatoms. The Morgan fingerprint density at radius 1 is 1.53 bits per heavy atom. The monoisotopic (exact) mass is 235 g/mol. The van der Waals surface area contributed by atoms with E-state index in [4.69, 9.17) is 0 Å². The molecule has 0 radical (unpaired) electrons. The molecule has 0 aliphatic heterocycles. The third-order valence-corrected chi connectivity index (χ3v) is 3.72. The lowest BCUT2D eigenvalue weighted by atomic mass is 9.75. The van der Waals surface area contributed by atoms with Crippen LogP contribution in [-0.4, -0.2) is 15.6 Å². The van der Waals surface area contributed by atoms with Gasteiger partial charge >= 0.3 is 0 Å². The van der Waals surface area contributed by atoms with Gasteiger partial charge in [0.25, 0.3) is 0 Å². The second-order valence-corrected chi connectivity index (χ2v) is 6.05. The number of nitrogens with zero attached hydrogens (tertiary/aromatic N) is 2. The molecule has 1 heterocycles. The van der Waals surface area contributed by atoms with E-state index in [1.165, 1.54) is 25.7 Å². The number of aromatic nitrogens is 2. The van der Waals surface area contributed by atoms with E-state index < -0.39 is 0 Å². The van der Waals surface area contributed by atoms with Crippen molar-refractivity contribution in [3.8, 4) is 0 Å². The van der Waals surface area contributed by atoms with Crippen LogP contribution in [0.2, 0.25) is 0 Å². The average Bonchev–Trinajstić information content (AvgIpc) is 2.65. The van der Waals surface area contributed by atoms with Gasteiger partial charge in [-0.1, -0.05) is 27.2 Å². The summed E-state index contributed by atoms with van der Waals surface area (Å²) in [5.41, 5.74) is 0.484. The first-order chi connectivity index (χ1) is 8.11. The number of nitrogens with one attached hydrogen (secondary N) is 1. The van der Waals surface area contributed by atoms with E-state index >= 15 is 0 Å². The summed E-state index contributed by atoms with van der Waals surface area (Å²) in [5.74, 6) is 1.05. The number of hydrogen-bond acceptors (Lipinski definition) is 2. The molecule has 1 aromatic heterocycles. The molecule has 0 aromatic carbocycles. The third-order valence-electron chi connectivity index (χ3n) is 3.72. The second kappa shape index (κ2) is 5.11. The van der Waals surface area contributed by atoms with E-state index in [1.807, 2.05) is 6.20 Å². The van der Waals surface area contributed by atoms with Gasteiger partial charge in [0.1, 0.15) is 0 Å². The summed E-state index contributed by atoms with van der Waals surface area (Å²) in [7, 11) is 0. The molecule has 1 atom stereocenters. The van der Waals surface area contributed by atoms with Crippen molar-refractivity contribution in [3.05, 3.63) is 12.4 Å². The first-order valence-electron chi connectivity index (χ1n) is 6.88. The first kappa shape index (κ1) is 12.5. The maximum absolute atomic E-state index is 4.43. The van der Waals surface area contributed by atoms with Crippen LogP contribution in [0.5, 0.6) is 0 Å². The largest absolute Gasteiger partial charge is 0.353 e. The highest BCUT2D eigenvalue weighted by molar-refractivity contribution is 5.28. The Labute approximate surface area is 105 Å². The molecule has 1 N–H and O–H groups in total. The van der Waals surface area contributed by atoms with Crippen LogP contribution in [-0.2, 0) is 6.54 Å². The molecule has 0 spiro atoms. The first-order valence-corrected chi connectivity index (χ1v) is 6.88. The summed E-state index contributed by atoms with van der Waals surface area (Å²) < 4.78 is 2.22. The lowest BCUT2D eigenvalue weighted by Crippen LogP contribution is -2.32. The van der Waals surface area contributed by atoms with E-state index in [9.17, 15) is 0 Å². The SMILES string of the molecule is CCCn1ccnc1NC1CCCC(C)(C)C1. The van der Waals surface area contributed by atoms with Gasteiger partial charge in [0, 0.05) is 25.0 Å². The van der Waals surface area contributed by atoms with Gasteiger partial charge in [-0.15, -0.1) is 0 Å². The Kier molecular flexibility index (Phi) is 3.75. The van der Waals surface area contributed by atoms with Gasteiger partial charge < -0.3 is 9.88 Å².